The Balaban J connectivity index is 0.000000404. The molecule has 3 aromatic carbocycles. The fourth-order valence-electron chi connectivity index (χ4n) is 4.77. The monoisotopic (exact) mass is 745 g/mol. The molecule has 0 amide bonds. The van der Waals surface area contributed by atoms with Gasteiger partial charge < -0.3 is 24.3 Å². The van der Waals surface area contributed by atoms with E-state index in [9.17, 15) is 0 Å². The van der Waals surface area contributed by atoms with Crippen LogP contribution in [0, 0.1) is 0 Å². The molecule has 1 atom stereocenters. The minimum atomic E-state index is -1.42. The zero-order valence-corrected chi connectivity index (χ0v) is 30.8. The summed E-state index contributed by atoms with van der Waals surface area (Å²) in [5.41, 5.74) is 0.401. The third-order valence-corrected chi connectivity index (χ3v) is 9.30. The number of fused-ring (bicyclic) bond motifs is 1. The molecule has 0 bridgehead atoms. The molecule has 2 N–H and O–H groups in total. The van der Waals surface area contributed by atoms with Gasteiger partial charge in [-0.15, -0.1) is 0 Å². The van der Waals surface area contributed by atoms with Crippen molar-refractivity contribution < 1.29 is 29.1 Å². The van der Waals surface area contributed by atoms with Gasteiger partial charge in [0.15, 0.2) is 0 Å². The Morgan fingerprint density at radius 1 is 1.00 bits per heavy atom. The van der Waals surface area contributed by atoms with Crippen LogP contribution in [0.15, 0.2) is 100 Å². The van der Waals surface area contributed by atoms with Gasteiger partial charge in [-0.1, -0.05) is 68.5 Å². The Morgan fingerprint density at radius 3 is 2.23 bits per heavy atom. The van der Waals surface area contributed by atoms with E-state index in [0.29, 0.717) is 23.1 Å². The summed E-state index contributed by atoms with van der Waals surface area (Å²) >= 11 is 11.3. The fraction of sp³-hybridized carbons (Fsp3) is 0.361. The normalized spacial score (nSPS) is 16.3. The van der Waals surface area contributed by atoms with E-state index in [-0.39, 0.29) is 6.10 Å². The van der Waals surface area contributed by atoms with Crippen molar-refractivity contribution in [2.45, 2.75) is 70.0 Å². The first-order valence-corrected chi connectivity index (χ1v) is 17.7. The maximum Gasteiger partial charge on any atom is 0.488 e. The van der Waals surface area contributed by atoms with Crippen LogP contribution in [0.2, 0.25) is 5.02 Å². The van der Waals surface area contributed by atoms with Gasteiger partial charge in [-0.25, -0.2) is 4.31 Å². The molecule has 2 fully saturated rings. The molecule has 0 spiro atoms. The second-order valence-corrected chi connectivity index (χ2v) is 12.8. The second-order valence-electron chi connectivity index (χ2n) is 10.4. The summed E-state index contributed by atoms with van der Waals surface area (Å²) in [7, 11) is -0.110. The van der Waals surface area contributed by atoms with E-state index in [1.807, 2.05) is 50.9 Å². The first-order valence-electron chi connectivity index (χ1n) is 15.8. The Kier molecular flexibility index (Phi) is 19.6. The van der Waals surface area contributed by atoms with Crippen LogP contribution in [0.5, 0.6) is 11.5 Å². The first kappa shape index (κ1) is 40.4. The molecule has 47 heavy (non-hydrogen) atoms. The number of methoxy groups -OCH3 is 1. The maximum atomic E-state index is 8.95. The lowest BCUT2D eigenvalue weighted by Gasteiger charge is -2.17. The van der Waals surface area contributed by atoms with Crippen molar-refractivity contribution >= 4 is 63.8 Å². The molecule has 0 aromatic heterocycles. The van der Waals surface area contributed by atoms with Gasteiger partial charge in [-0.3, -0.25) is 4.79 Å². The summed E-state index contributed by atoms with van der Waals surface area (Å²) in [5, 5.41) is 20.4. The number of benzene rings is 3. The number of carbonyl (C=O) groups is 1. The van der Waals surface area contributed by atoms with Gasteiger partial charge in [0, 0.05) is 22.5 Å². The summed E-state index contributed by atoms with van der Waals surface area (Å²) in [6.45, 7) is 11.5. The van der Waals surface area contributed by atoms with Crippen molar-refractivity contribution in [3.05, 3.63) is 100 Å². The highest BCUT2D eigenvalue weighted by Gasteiger charge is 2.25. The van der Waals surface area contributed by atoms with Gasteiger partial charge in [-0.2, -0.15) is 0 Å². The molecule has 254 valence electrons. The predicted octanol–water partition coefficient (Wildman–Crippen LogP) is 9.24. The molecule has 11 heteroatoms. The molecule has 2 aliphatic rings. The fourth-order valence-corrected chi connectivity index (χ4v) is 6.29. The van der Waals surface area contributed by atoms with Gasteiger partial charge in [0.1, 0.15) is 17.6 Å². The van der Waals surface area contributed by atoms with Gasteiger partial charge in [0.05, 0.1) is 18.2 Å². The van der Waals surface area contributed by atoms with Crippen LogP contribution in [0.4, 0.5) is 0 Å². The number of allylic oxidation sites excluding steroid dienone is 5. The average Bonchev–Trinajstić information content (AvgIpc) is 3.76. The van der Waals surface area contributed by atoms with Crippen LogP contribution in [0.1, 0.15) is 52.9 Å². The number of hydrogen-bond acceptors (Lipinski definition) is 8. The van der Waals surface area contributed by atoms with E-state index < -0.39 is 7.12 Å². The first-order chi connectivity index (χ1) is 22.8. The Hall–Kier alpha value is -2.73. The summed E-state index contributed by atoms with van der Waals surface area (Å²) in [5.74, 6) is 1.85. The van der Waals surface area contributed by atoms with Gasteiger partial charge in [-0.05, 0) is 126 Å². The molecule has 7 nitrogen and oxygen atoms in total. The molecular formula is C36H46BBrClNO6S. The zero-order chi connectivity index (χ0) is 34.6. The highest BCUT2D eigenvalue weighted by molar-refractivity contribution is 9.10. The number of halogens is 2. The van der Waals surface area contributed by atoms with Crippen molar-refractivity contribution in [2.75, 3.05) is 20.2 Å². The lowest BCUT2D eigenvalue weighted by molar-refractivity contribution is -0.126. The lowest BCUT2D eigenvalue weighted by Crippen LogP contribution is -2.20. The van der Waals surface area contributed by atoms with Crippen LogP contribution < -0.4 is 9.47 Å². The minimum absolute atomic E-state index is 0.191. The number of ether oxygens (including phenoxy) is 3. The number of carbonyl (C=O) groups excluding carboxylic acids is 1. The van der Waals surface area contributed by atoms with Crippen LogP contribution in [0.25, 0.3) is 10.8 Å². The second kappa shape index (κ2) is 22.8. The topological polar surface area (TPSA) is 88.5 Å². The minimum Gasteiger partial charge on any atom is -0.490 e. The van der Waals surface area contributed by atoms with E-state index in [0.717, 1.165) is 35.5 Å². The van der Waals surface area contributed by atoms with Crippen LogP contribution >= 0.6 is 39.5 Å². The van der Waals surface area contributed by atoms with Crippen LogP contribution in [-0.2, 0) is 9.53 Å². The van der Waals surface area contributed by atoms with Crippen molar-refractivity contribution in [1.82, 2.24) is 4.31 Å². The molecule has 3 aromatic rings. The number of rotatable bonds is 10. The average molecular weight is 747 g/mol. The third kappa shape index (κ3) is 14.5. The van der Waals surface area contributed by atoms with E-state index in [4.69, 9.17) is 35.9 Å². The predicted molar refractivity (Wildman–Crippen MR) is 200 cm³/mol. The molecule has 1 unspecified atom stereocenters. The van der Waals surface area contributed by atoms with Crippen LogP contribution in [-0.4, -0.2) is 60.4 Å². The van der Waals surface area contributed by atoms with E-state index >= 15 is 0 Å². The van der Waals surface area contributed by atoms with Gasteiger partial charge >= 0.3 is 7.12 Å². The Labute approximate surface area is 298 Å². The zero-order valence-electron chi connectivity index (χ0n) is 27.6. The molecule has 5 rings (SSSR count). The molecule has 1 aliphatic heterocycles. The smallest absolute Gasteiger partial charge is 0.488 e. The highest BCUT2D eigenvalue weighted by atomic mass is 79.9. The van der Waals surface area contributed by atoms with Crippen molar-refractivity contribution in [2.24, 2.45) is 0 Å². The number of hydrogen-bond donors (Lipinski definition) is 2. The largest absolute Gasteiger partial charge is 0.490 e. The van der Waals surface area contributed by atoms with Gasteiger partial charge in [0.25, 0.3) is 6.47 Å². The quantitative estimate of drug-likeness (QED) is 0.0920. The maximum absolute atomic E-state index is 8.95. The molecular weight excluding hydrogens is 701 g/mol. The van der Waals surface area contributed by atoms with Crippen molar-refractivity contribution in [1.29, 1.82) is 0 Å². The SMILES string of the molecule is C=C/C(=C\C=C/C)B(O)O.CC.COC=O.Clc1ccc(OC2CCN(Sc3ccc4cc(OC5CCCC5)ccc4c3)C2)cc1Br. The summed E-state index contributed by atoms with van der Waals surface area (Å²) in [4.78, 5) is 10.2. The summed E-state index contributed by atoms with van der Waals surface area (Å²) in [6.07, 6.45) is 13.1. The number of nitrogens with zero attached hydrogens (tertiary/aromatic N) is 1. The van der Waals surface area contributed by atoms with E-state index in [1.165, 1.54) is 54.5 Å². The van der Waals surface area contributed by atoms with Gasteiger partial charge in [0.2, 0.25) is 0 Å². The van der Waals surface area contributed by atoms with E-state index in [2.05, 4.69) is 67.9 Å². The Bertz CT molecular complexity index is 1450. The Morgan fingerprint density at radius 2 is 1.62 bits per heavy atom. The van der Waals surface area contributed by atoms with Crippen LogP contribution in [0.3, 0.4) is 0 Å². The third-order valence-electron chi connectivity index (χ3n) is 7.04. The molecule has 0 radical (unpaired) electrons. The van der Waals surface area contributed by atoms with Crippen molar-refractivity contribution in [3.63, 3.8) is 0 Å². The summed E-state index contributed by atoms with van der Waals surface area (Å²) in [6, 6.07) is 18.9. The summed E-state index contributed by atoms with van der Waals surface area (Å²) < 4.78 is 19.4. The molecule has 1 saturated heterocycles. The molecule has 1 saturated carbocycles. The molecule has 1 heterocycles. The standard InChI is InChI=1S/C25H25BrClNO2S.C7H11BO2.C2H4O2.C2H6/c26-24-15-21(8-10-25(24)27)30-22-11-12-28(16-22)31-23-9-6-17-13-20(7-5-18(17)14-23)29-19-3-1-2-4-19;1-3-5-6-7(4-2)8(9)10;1-4-2-3;1-2/h5-10,13-15,19,22H,1-4,11-12,16H2;3-6,9-10H,2H2,1H3;2H,1H3;1-2H3/b;5-3-,7-6+;;. The lowest BCUT2D eigenvalue weighted by atomic mass is 9.79. The van der Waals surface area contributed by atoms with Crippen molar-refractivity contribution in [3.8, 4) is 11.5 Å². The molecule has 1 aliphatic carbocycles. The highest BCUT2D eigenvalue weighted by Crippen LogP contribution is 2.33. The van der Waals surface area contributed by atoms with E-state index in [1.54, 1.807) is 18.2 Å².